The van der Waals surface area contributed by atoms with Gasteiger partial charge in [0.05, 0.1) is 19.5 Å². The number of halogens is 27. The lowest BCUT2D eigenvalue weighted by atomic mass is 10.1. The van der Waals surface area contributed by atoms with Crippen molar-refractivity contribution >= 4 is 89.9 Å². The quantitative estimate of drug-likeness (QED) is 0.105. The van der Waals surface area contributed by atoms with E-state index in [1.54, 1.807) is 69.3 Å². The van der Waals surface area contributed by atoms with Crippen molar-refractivity contribution in [1.82, 2.24) is 0 Å². The number of hydrogen-bond acceptors (Lipinski definition) is 7. The fourth-order valence-electron chi connectivity index (χ4n) is 5.68. The summed E-state index contributed by atoms with van der Waals surface area (Å²) in [4.78, 5) is 0. The highest BCUT2D eigenvalue weighted by molar-refractivity contribution is 9.10. The first-order valence-corrected chi connectivity index (χ1v) is 26.7. The number of benzene rings is 7. The Kier molecular flexibility index (Phi) is 33.4. The average molecular weight is 1520 g/mol. The first-order valence-electron chi connectivity index (χ1n) is 22.9. The summed E-state index contributed by atoms with van der Waals surface area (Å²) >= 11 is 33.3. The van der Waals surface area contributed by atoms with Gasteiger partial charge in [-0.15, -0.1) is 79.0 Å². The normalized spacial score (nSPS) is 11.3. The number of ether oxygens (including phenoxy) is 7. The van der Waals surface area contributed by atoms with Crippen LogP contribution in [-0.2, 0) is 5.33 Å². The Hall–Kier alpha value is -5.85. The molecule has 0 amide bonds. The molecule has 0 aliphatic rings. The Labute approximate surface area is 529 Å². The van der Waals surface area contributed by atoms with Gasteiger partial charge in [0.25, 0.3) is 0 Å². The summed E-state index contributed by atoms with van der Waals surface area (Å²) in [5.41, 5.74) is 3.28. The molecule has 0 spiro atoms. The van der Waals surface area contributed by atoms with Crippen LogP contribution in [0.15, 0.2) is 150 Å². The van der Waals surface area contributed by atoms with Crippen LogP contribution in [0, 0.1) is 27.7 Å². The summed E-state index contributed by atoms with van der Waals surface area (Å²) in [6, 6.07) is 34.3. The van der Waals surface area contributed by atoms with Crippen molar-refractivity contribution in [1.29, 1.82) is 0 Å². The minimum absolute atomic E-state index is 0.0528. The highest BCUT2D eigenvalue weighted by Crippen LogP contribution is 2.39. The van der Waals surface area contributed by atoms with Gasteiger partial charge < -0.3 is 33.2 Å². The topological polar surface area (TPSA) is 64.6 Å². The molecule has 0 aromatic heterocycles. The van der Waals surface area contributed by atoms with Crippen molar-refractivity contribution in [2.75, 3.05) is 0 Å². The van der Waals surface area contributed by atoms with Crippen molar-refractivity contribution in [2.24, 2.45) is 0 Å². The molecule has 7 aromatic rings. The predicted octanol–water partition coefficient (Wildman–Crippen LogP) is 24.0. The van der Waals surface area contributed by atoms with Gasteiger partial charge in [-0.3, -0.25) is 0 Å². The largest absolute Gasteiger partial charge is 0.573 e. The van der Waals surface area contributed by atoms with Crippen molar-refractivity contribution in [2.45, 2.75) is 77.8 Å². The molecule has 0 fully saturated rings. The molecule has 0 unspecified atom stereocenters. The molecule has 0 bridgehead atoms. The summed E-state index contributed by atoms with van der Waals surface area (Å²) in [7, 11) is 0. The van der Waals surface area contributed by atoms with E-state index in [9.17, 15) is 87.8 Å². The van der Waals surface area contributed by atoms with Crippen molar-refractivity contribution in [3.8, 4) is 40.2 Å². The van der Waals surface area contributed by atoms with E-state index < -0.39 is 50.5 Å². The molecule has 0 atom stereocenters. The first kappa shape index (κ1) is 80.2. The Morgan fingerprint density at radius 2 is 0.818 bits per heavy atom. The van der Waals surface area contributed by atoms with Gasteiger partial charge in [0.15, 0.2) is 5.75 Å². The molecule has 7 aromatic carbocycles. The lowest BCUT2D eigenvalue weighted by Gasteiger charge is -2.15. The van der Waals surface area contributed by atoms with Crippen LogP contribution in [0.1, 0.15) is 27.8 Å². The number of para-hydroxylation sites is 3. The Bertz CT molecular complexity index is 3180. The fraction of sp³-hybridized carbons (Fsp3) is 0.222. The smallest absolute Gasteiger partial charge is 0.435 e. The molecule has 88 heavy (non-hydrogen) atoms. The molecule has 486 valence electrons. The Balaban J connectivity index is 0.000000515. The molecule has 0 saturated heterocycles. The zero-order valence-corrected chi connectivity index (χ0v) is 51.2. The van der Waals surface area contributed by atoms with Gasteiger partial charge in [-0.2, -0.15) is 8.78 Å². The first-order chi connectivity index (χ1) is 40.2. The average Bonchev–Trinajstić information content (AvgIpc) is 2.77. The molecular weight excluding hydrogens is 1480 g/mol. The molecule has 0 saturated carbocycles. The maximum Gasteiger partial charge on any atom is 0.573 e. The van der Waals surface area contributed by atoms with Crippen LogP contribution < -0.4 is 33.2 Å². The molecule has 7 nitrogen and oxygen atoms in total. The maximum atomic E-state index is 12.1. The third-order valence-corrected chi connectivity index (χ3v) is 11.3. The molecule has 7 rings (SSSR count). The fourth-order valence-corrected chi connectivity index (χ4v) is 7.69. The van der Waals surface area contributed by atoms with Crippen LogP contribution in [0.5, 0.6) is 40.2 Å². The number of hydrogen-bond donors (Lipinski definition) is 0. The van der Waals surface area contributed by atoms with E-state index >= 15 is 0 Å². The summed E-state index contributed by atoms with van der Waals surface area (Å²) in [6.45, 7) is 4.06. The second kappa shape index (κ2) is 36.7. The van der Waals surface area contributed by atoms with Gasteiger partial charge in [-0.1, -0.05) is 152 Å². The second-order valence-electron chi connectivity index (χ2n) is 16.0. The summed E-state index contributed by atoms with van der Waals surface area (Å²) in [5.74, 6) is -1.62. The summed E-state index contributed by atoms with van der Waals surface area (Å²) in [5, 5.41) is 0.0369. The van der Waals surface area contributed by atoms with Gasteiger partial charge in [0, 0.05) is 20.9 Å². The van der Waals surface area contributed by atoms with Crippen LogP contribution >= 0.6 is 89.9 Å². The van der Waals surface area contributed by atoms with E-state index in [0.29, 0.717) is 27.6 Å². The van der Waals surface area contributed by atoms with Crippen LogP contribution in [0.2, 0.25) is 25.1 Å². The zero-order chi connectivity index (χ0) is 67.6. The molecule has 0 heterocycles. The third kappa shape index (κ3) is 37.9. The van der Waals surface area contributed by atoms with Crippen LogP contribution in [-0.4, -0.2) is 44.8 Å². The summed E-state index contributed by atoms with van der Waals surface area (Å²) < 4.78 is 262. The van der Waals surface area contributed by atoms with E-state index in [4.69, 9.17) is 58.0 Å². The SMILES string of the molecule is Cc1cc(C)c(OC(F)(F)F)c(CBr)c1.Cc1ccc(Cl)c(OC(F)(F)F)c1.Cc1ccccc1OC(F)F.FC(F)(F)Oc1c(Cl)cc(Cl)cc1Cl.FC(F)(F)Oc1cccc(Cl)c1.FC(F)(F)Oc1ccccc1.FC(F)(F)Oc1ccccc1Br. The molecular formula is C54H39Br2Cl5F20O7. The Morgan fingerprint density at radius 3 is 1.28 bits per heavy atom. The molecule has 0 aliphatic heterocycles. The molecule has 34 heteroatoms. The van der Waals surface area contributed by atoms with Crippen LogP contribution in [0.25, 0.3) is 0 Å². The highest BCUT2D eigenvalue weighted by atomic mass is 79.9. The second-order valence-corrected chi connectivity index (χ2v) is 19.5. The van der Waals surface area contributed by atoms with Crippen LogP contribution in [0.4, 0.5) is 87.8 Å². The number of rotatable bonds is 9. The minimum Gasteiger partial charge on any atom is -0.435 e. The standard InChI is InChI=1S/C10H10BrF3O.C8H6ClF3O.C8H8F2O.C7H4BrF3O.C7H2Cl3F3O.C7H4ClF3O.C7H5F3O/c1-6-3-7(2)9(8(4-6)5-11)15-10(12,13)14;1-5-2-3-6(9)7(4-5)13-8(10,11)12;1-6-4-2-3-5-7(6)11-8(9)10;8-5-3-1-2-4-6(5)12-7(9,10)11;8-3-1-4(9)6(5(10)2-3)14-7(11,12)13;8-5-2-1-3-6(4-5)12-7(9,10)11;8-7(9,10)11-6-4-2-1-3-5-6/h3-4H,5H2,1-2H3;2-4H,1H3;2-5,8H,1H3;1-4H;1-2H;1-4H;1-5H. The van der Waals surface area contributed by atoms with E-state index in [-0.39, 0.29) is 64.1 Å². The molecule has 0 radical (unpaired) electrons. The number of alkyl halides is 21. The molecule has 0 aliphatic carbocycles. The van der Waals surface area contributed by atoms with E-state index in [2.05, 4.69) is 65.0 Å². The van der Waals surface area contributed by atoms with Gasteiger partial charge >= 0.3 is 44.8 Å². The molecule has 0 N–H and O–H groups in total. The van der Waals surface area contributed by atoms with Crippen molar-refractivity contribution in [3.05, 3.63) is 203 Å². The summed E-state index contributed by atoms with van der Waals surface area (Å²) in [6.07, 6.45) is -28.1. The van der Waals surface area contributed by atoms with E-state index in [0.717, 1.165) is 23.8 Å². The zero-order valence-electron chi connectivity index (χ0n) is 44.2. The maximum absolute atomic E-state index is 12.1. The van der Waals surface area contributed by atoms with Gasteiger partial charge in [-0.05, 0) is 133 Å². The van der Waals surface area contributed by atoms with Crippen molar-refractivity contribution in [3.63, 3.8) is 0 Å². The van der Waals surface area contributed by atoms with E-state index in [1.165, 1.54) is 78.9 Å². The van der Waals surface area contributed by atoms with Gasteiger partial charge in [0.1, 0.15) is 34.5 Å². The lowest BCUT2D eigenvalue weighted by Crippen LogP contribution is -2.18. The Morgan fingerprint density at radius 1 is 0.375 bits per heavy atom. The lowest BCUT2D eigenvalue weighted by molar-refractivity contribution is -0.276. The van der Waals surface area contributed by atoms with E-state index in [1.807, 2.05) is 6.92 Å². The number of aryl methyl sites for hydroxylation is 4. The van der Waals surface area contributed by atoms with Gasteiger partial charge in [-0.25, -0.2) is 0 Å². The van der Waals surface area contributed by atoms with Crippen LogP contribution in [0.3, 0.4) is 0 Å². The van der Waals surface area contributed by atoms with Gasteiger partial charge in [0.2, 0.25) is 0 Å². The minimum atomic E-state index is -4.83. The predicted molar refractivity (Wildman–Crippen MR) is 296 cm³/mol. The third-order valence-electron chi connectivity index (χ3n) is 8.73. The monoisotopic (exact) mass is 1510 g/mol. The van der Waals surface area contributed by atoms with Crippen molar-refractivity contribution < 1.29 is 121 Å². The highest BCUT2D eigenvalue weighted by Gasteiger charge is 2.36.